The van der Waals surface area contributed by atoms with Crippen molar-refractivity contribution in [1.29, 1.82) is 0 Å². The Morgan fingerprint density at radius 1 is 1.21 bits per heavy atom. The van der Waals surface area contributed by atoms with E-state index in [4.69, 9.17) is 0 Å². The number of nitrogens with one attached hydrogen (secondary N) is 1. The fourth-order valence-electron chi connectivity index (χ4n) is 1.51. The summed E-state index contributed by atoms with van der Waals surface area (Å²) in [5.41, 5.74) is 3.50. The standard InChI is InChI=1S/C10H11NO.2CH4/c1-7-2-4-9-8(6-7)3-5-10(12)11-9;;/h2,4,6H,3,5H2,1H3,(H,11,12);2*1H4. The highest BCUT2D eigenvalue weighted by atomic mass is 16.1. The zero-order chi connectivity index (χ0) is 8.55. The molecule has 0 radical (unpaired) electrons. The molecule has 1 aliphatic rings. The largest absolute Gasteiger partial charge is 0.326 e. The van der Waals surface area contributed by atoms with E-state index in [1.54, 1.807) is 0 Å². The highest BCUT2D eigenvalue weighted by Gasteiger charge is 2.13. The fourth-order valence-corrected chi connectivity index (χ4v) is 1.51. The summed E-state index contributed by atoms with van der Waals surface area (Å²) in [5, 5.41) is 2.85. The van der Waals surface area contributed by atoms with Gasteiger partial charge in [0.1, 0.15) is 0 Å². The Balaban J connectivity index is 0.000000845. The highest BCUT2D eigenvalue weighted by molar-refractivity contribution is 5.93. The third kappa shape index (κ3) is 2.34. The van der Waals surface area contributed by atoms with Crippen LogP contribution in [-0.2, 0) is 11.2 Å². The maximum absolute atomic E-state index is 11.0. The first-order valence-corrected chi connectivity index (χ1v) is 4.15. The first-order chi connectivity index (χ1) is 5.75. The van der Waals surface area contributed by atoms with E-state index in [0.29, 0.717) is 6.42 Å². The molecule has 0 saturated carbocycles. The molecule has 0 bridgehead atoms. The van der Waals surface area contributed by atoms with Crippen LogP contribution in [0.15, 0.2) is 18.2 Å². The molecule has 78 valence electrons. The molecule has 2 heteroatoms. The highest BCUT2D eigenvalue weighted by Crippen LogP contribution is 2.22. The van der Waals surface area contributed by atoms with E-state index in [1.807, 2.05) is 12.1 Å². The lowest BCUT2D eigenvalue weighted by molar-refractivity contribution is -0.116. The van der Waals surface area contributed by atoms with Gasteiger partial charge in [-0.15, -0.1) is 0 Å². The number of carbonyl (C=O) groups is 1. The van der Waals surface area contributed by atoms with Crippen LogP contribution in [0.25, 0.3) is 0 Å². The van der Waals surface area contributed by atoms with E-state index in [0.717, 1.165) is 12.1 Å². The van der Waals surface area contributed by atoms with Crippen LogP contribution in [0.4, 0.5) is 5.69 Å². The number of benzene rings is 1. The molecule has 0 saturated heterocycles. The van der Waals surface area contributed by atoms with Crippen molar-refractivity contribution in [2.24, 2.45) is 0 Å². The normalized spacial score (nSPS) is 13.1. The number of amides is 1. The van der Waals surface area contributed by atoms with Gasteiger partial charge in [0.25, 0.3) is 0 Å². The van der Waals surface area contributed by atoms with E-state index < -0.39 is 0 Å². The third-order valence-corrected chi connectivity index (χ3v) is 2.16. The Morgan fingerprint density at radius 2 is 1.93 bits per heavy atom. The van der Waals surface area contributed by atoms with E-state index in [9.17, 15) is 4.79 Å². The van der Waals surface area contributed by atoms with E-state index >= 15 is 0 Å². The van der Waals surface area contributed by atoms with Gasteiger partial charge in [-0.3, -0.25) is 4.79 Å². The van der Waals surface area contributed by atoms with Crippen LogP contribution in [0.3, 0.4) is 0 Å². The van der Waals surface area contributed by atoms with Crippen molar-refractivity contribution in [3.8, 4) is 0 Å². The minimum Gasteiger partial charge on any atom is -0.326 e. The molecule has 0 fully saturated rings. The van der Waals surface area contributed by atoms with Gasteiger partial charge < -0.3 is 5.32 Å². The monoisotopic (exact) mass is 193 g/mol. The van der Waals surface area contributed by atoms with Crippen LogP contribution in [0.1, 0.15) is 32.4 Å². The molecule has 0 aromatic heterocycles. The number of hydrogen-bond acceptors (Lipinski definition) is 1. The van der Waals surface area contributed by atoms with Crippen molar-refractivity contribution in [1.82, 2.24) is 0 Å². The molecule has 2 rings (SSSR count). The molecule has 1 N–H and O–H groups in total. The summed E-state index contributed by atoms with van der Waals surface area (Å²) in [6.07, 6.45) is 1.50. The van der Waals surface area contributed by atoms with Gasteiger partial charge in [-0.05, 0) is 25.0 Å². The predicted octanol–water partition coefficient (Wildman–Crippen LogP) is 3.15. The van der Waals surface area contributed by atoms with Gasteiger partial charge in [0, 0.05) is 12.1 Å². The molecule has 0 aliphatic carbocycles. The van der Waals surface area contributed by atoms with Crippen LogP contribution in [0.2, 0.25) is 0 Å². The van der Waals surface area contributed by atoms with Gasteiger partial charge in [0.15, 0.2) is 0 Å². The fraction of sp³-hybridized carbons (Fsp3) is 0.417. The summed E-state index contributed by atoms with van der Waals surface area (Å²) in [5.74, 6) is 0.131. The van der Waals surface area contributed by atoms with Crippen LogP contribution in [0, 0.1) is 6.92 Å². The van der Waals surface area contributed by atoms with E-state index in [-0.39, 0.29) is 20.8 Å². The summed E-state index contributed by atoms with van der Waals surface area (Å²) in [6.45, 7) is 2.07. The van der Waals surface area contributed by atoms with Crippen molar-refractivity contribution in [3.05, 3.63) is 29.3 Å². The molecule has 0 spiro atoms. The van der Waals surface area contributed by atoms with Gasteiger partial charge in [0.2, 0.25) is 5.91 Å². The van der Waals surface area contributed by atoms with Gasteiger partial charge in [-0.25, -0.2) is 0 Å². The lowest BCUT2D eigenvalue weighted by Gasteiger charge is -2.16. The molecular weight excluding hydrogens is 174 g/mol. The molecular formula is C12H19NO. The van der Waals surface area contributed by atoms with Crippen LogP contribution >= 0.6 is 0 Å². The molecule has 1 amide bonds. The molecule has 14 heavy (non-hydrogen) atoms. The predicted molar refractivity (Wildman–Crippen MR) is 61.6 cm³/mol. The second-order valence-electron chi connectivity index (χ2n) is 3.21. The van der Waals surface area contributed by atoms with Crippen LogP contribution < -0.4 is 5.32 Å². The summed E-state index contributed by atoms with van der Waals surface area (Å²) >= 11 is 0. The summed E-state index contributed by atoms with van der Waals surface area (Å²) < 4.78 is 0. The summed E-state index contributed by atoms with van der Waals surface area (Å²) in [6, 6.07) is 6.13. The maximum atomic E-state index is 11.0. The Labute approximate surface area is 86.3 Å². The van der Waals surface area contributed by atoms with Gasteiger partial charge in [-0.2, -0.15) is 0 Å². The molecule has 1 aromatic rings. The maximum Gasteiger partial charge on any atom is 0.224 e. The number of hydrogen-bond donors (Lipinski definition) is 1. The smallest absolute Gasteiger partial charge is 0.224 e. The van der Waals surface area contributed by atoms with E-state index in [1.165, 1.54) is 11.1 Å². The summed E-state index contributed by atoms with van der Waals surface area (Å²) in [4.78, 5) is 11.0. The number of carbonyl (C=O) groups excluding carboxylic acids is 1. The average Bonchev–Trinajstić information content (AvgIpc) is 2.05. The average molecular weight is 193 g/mol. The molecule has 1 aliphatic heterocycles. The third-order valence-electron chi connectivity index (χ3n) is 2.16. The number of anilines is 1. The molecule has 1 aromatic carbocycles. The topological polar surface area (TPSA) is 29.1 Å². The second-order valence-corrected chi connectivity index (χ2v) is 3.21. The molecule has 2 nitrogen and oxygen atoms in total. The van der Waals surface area contributed by atoms with Crippen molar-refractivity contribution in [3.63, 3.8) is 0 Å². The molecule has 0 unspecified atom stereocenters. The van der Waals surface area contributed by atoms with Crippen molar-refractivity contribution >= 4 is 11.6 Å². The Hall–Kier alpha value is -1.31. The lowest BCUT2D eigenvalue weighted by atomic mass is 10.0. The Kier molecular flexibility index (Phi) is 4.35. The van der Waals surface area contributed by atoms with Crippen LogP contribution in [-0.4, -0.2) is 5.91 Å². The minimum atomic E-state index is 0. The van der Waals surface area contributed by atoms with E-state index in [2.05, 4.69) is 18.3 Å². The zero-order valence-electron chi connectivity index (χ0n) is 7.05. The number of rotatable bonds is 0. The zero-order valence-corrected chi connectivity index (χ0v) is 7.05. The van der Waals surface area contributed by atoms with Crippen LogP contribution in [0.5, 0.6) is 0 Å². The minimum absolute atomic E-state index is 0. The SMILES string of the molecule is C.C.Cc1ccc2c(c1)CCC(=O)N2. The number of fused-ring (bicyclic) bond motifs is 1. The first kappa shape index (κ1) is 12.7. The van der Waals surface area contributed by atoms with Crippen molar-refractivity contribution in [2.45, 2.75) is 34.6 Å². The number of aryl methyl sites for hydroxylation is 2. The quantitative estimate of drug-likeness (QED) is 0.673. The molecule has 0 atom stereocenters. The summed E-state index contributed by atoms with van der Waals surface area (Å²) in [7, 11) is 0. The lowest BCUT2D eigenvalue weighted by Crippen LogP contribution is -2.18. The van der Waals surface area contributed by atoms with Crippen molar-refractivity contribution < 1.29 is 4.79 Å². The Bertz CT molecular complexity index is 331. The van der Waals surface area contributed by atoms with Gasteiger partial charge >= 0.3 is 0 Å². The second kappa shape index (κ2) is 4.80. The van der Waals surface area contributed by atoms with Crippen molar-refractivity contribution in [2.75, 3.05) is 5.32 Å². The molecule has 1 heterocycles. The van der Waals surface area contributed by atoms with Gasteiger partial charge in [0.05, 0.1) is 0 Å². The first-order valence-electron chi connectivity index (χ1n) is 4.15. The van der Waals surface area contributed by atoms with Gasteiger partial charge in [-0.1, -0.05) is 32.5 Å². The Morgan fingerprint density at radius 3 is 2.64 bits per heavy atom.